The number of benzene rings is 4. The van der Waals surface area contributed by atoms with E-state index in [1.54, 1.807) is 42.5 Å². The molecular formula is C33H31FN4O4. The number of amides is 3. The number of para-hydroxylation sites is 1. The van der Waals surface area contributed by atoms with Gasteiger partial charge in [-0.1, -0.05) is 73.9 Å². The molecule has 1 saturated carbocycles. The van der Waals surface area contributed by atoms with E-state index >= 15 is 0 Å². The third-order valence-corrected chi connectivity index (χ3v) is 7.16. The summed E-state index contributed by atoms with van der Waals surface area (Å²) in [5, 5.41) is 11.3. The smallest absolute Gasteiger partial charge is 0.329 e. The average Bonchev–Trinajstić information content (AvgIpc) is 3.02. The number of hydrogen-bond acceptors (Lipinski definition) is 5. The Kier molecular flexibility index (Phi) is 9.18. The van der Waals surface area contributed by atoms with Gasteiger partial charge in [0.15, 0.2) is 0 Å². The molecule has 1 fully saturated rings. The van der Waals surface area contributed by atoms with Crippen LogP contribution in [-0.4, -0.2) is 30.0 Å². The lowest BCUT2D eigenvalue weighted by Crippen LogP contribution is -2.37. The second-order valence-electron chi connectivity index (χ2n) is 10.1. The van der Waals surface area contributed by atoms with Gasteiger partial charge in [-0.15, -0.1) is 0 Å². The summed E-state index contributed by atoms with van der Waals surface area (Å²) in [5.41, 5.74) is 4.16. The van der Waals surface area contributed by atoms with Crippen molar-refractivity contribution < 1.29 is 23.5 Å². The molecule has 4 aromatic rings. The molecule has 214 valence electrons. The summed E-state index contributed by atoms with van der Waals surface area (Å²) in [4.78, 5) is 38.2. The Hall–Kier alpha value is -5.05. The number of hydrogen-bond donors (Lipinski definition) is 3. The van der Waals surface area contributed by atoms with Crippen molar-refractivity contribution in [1.82, 2.24) is 10.7 Å². The van der Waals surface area contributed by atoms with E-state index in [1.165, 1.54) is 24.8 Å². The molecule has 0 unspecified atom stereocenters. The first-order chi connectivity index (χ1) is 20.5. The Morgan fingerprint density at radius 3 is 2.40 bits per heavy atom. The fourth-order valence-electron chi connectivity index (χ4n) is 4.96. The molecule has 5 rings (SSSR count). The Balaban J connectivity index is 1.26. The Morgan fingerprint density at radius 1 is 0.857 bits per heavy atom. The van der Waals surface area contributed by atoms with E-state index in [1.807, 2.05) is 30.3 Å². The topological polar surface area (TPSA) is 109 Å². The molecule has 0 radical (unpaired) electrons. The molecule has 42 heavy (non-hydrogen) atoms. The first-order valence-electron chi connectivity index (χ1n) is 13.9. The monoisotopic (exact) mass is 566 g/mol. The van der Waals surface area contributed by atoms with E-state index in [4.69, 9.17) is 4.74 Å². The van der Waals surface area contributed by atoms with Crippen LogP contribution in [0.5, 0.6) is 5.75 Å². The summed E-state index contributed by atoms with van der Waals surface area (Å²) >= 11 is 0. The lowest BCUT2D eigenvalue weighted by atomic mass is 9.95. The predicted molar refractivity (Wildman–Crippen MR) is 160 cm³/mol. The van der Waals surface area contributed by atoms with Crippen LogP contribution in [0.25, 0.3) is 10.8 Å². The SMILES string of the molecule is O=C(NN=Cc1c(OCc2ccc(F)cc2)ccc2ccccc12)C(=O)Nc1ccccc1C(=O)NC1CCCCC1. The van der Waals surface area contributed by atoms with Gasteiger partial charge in [0, 0.05) is 11.6 Å². The highest BCUT2D eigenvalue weighted by Crippen LogP contribution is 2.27. The van der Waals surface area contributed by atoms with Gasteiger partial charge in [-0.2, -0.15) is 5.10 Å². The number of anilines is 1. The summed E-state index contributed by atoms with van der Waals surface area (Å²) < 4.78 is 19.3. The largest absolute Gasteiger partial charge is 0.488 e. The zero-order valence-corrected chi connectivity index (χ0v) is 22.9. The molecule has 0 aromatic heterocycles. The van der Waals surface area contributed by atoms with Gasteiger partial charge in [-0.3, -0.25) is 14.4 Å². The Labute approximate surface area is 243 Å². The lowest BCUT2D eigenvalue weighted by molar-refractivity contribution is -0.136. The maximum atomic E-state index is 13.3. The molecule has 9 heteroatoms. The van der Waals surface area contributed by atoms with Crippen LogP contribution < -0.4 is 20.8 Å². The number of nitrogens with one attached hydrogen (secondary N) is 3. The summed E-state index contributed by atoms with van der Waals surface area (Å²) in [5.74, 6) is -2.08. The molecule has 8 nitrogen and oxygen atoms in total. The Bertz CT molecular complexity index is 1610. The molecule has 1 aliphatic carbocycles. The van der Waals surface area contributed by atoms with Gasteiger partial charge in [0.05, 0.1) is 17.5 Å². The number of carbonyl (C=O) groups excluding carboxylic acids is 3. The fraction of sp³-hybridized carbons (Fsp3) is 0.212. The van der Waals surface area contributed by atoms with Gasteiger partial charge in [0.1, 0.15) is 18.2 Å². The van der Waals surface area contributed by atoms with Crippen LogP contribution in [0.2, 0.25) is 0 Å². The molecule has 3 N–H and O–H groups in total. The molecule has 4 aromatic carbocycles. The third-order valence-electron chi connectivity index (χ3n) is 7.16. The highest BCUT2D eigenvalue weighted by molar-refractivity contribution is 6.40. The van der Waals surface area contributed by atoms with Crippen LogP contribution in [0.4, 0.5) is 10.1 Å². The molecular weight excluding hydrogens is 535 g/mol. The van der Waals surface area contributed by atoms with E-state index in [0.717, 1.165) is 42.0 Å². The molecule has 3 amide bonds. The molecule has 0 heterocycles. The minimum absolute atomic E-state index is 0.103. The number of carbonyl (C=O) groups is 3. The van der Waals surface area contributed by atoms with Gasteiger partial charge in [-0.05, 0) is 59.5 Å². The van der Waals surface area contributed by atoms with Crippen molar-refractivity contribution in [3.63, 3.8) is 0 Å². The number of ether oxygens (including phenoxy) is 1. The zero-order chi connectivity index (χ0) is 29.3. The van der Waals surface area contributed by atoms with Crippen molar-refractivity contribution in [2.24, 2.45) is 5.10 Å². The van der Waals surface area contributed by atoms with Crippen LogP contribution >= 0.6 is 0 Å². The Morgan fingerprint density at radius 2 is 1.60 bits per heavy atom. The quantitative estimate of drug-likeness (QED) is 0.144. The molecule has 0 saturated heterocycles. The second-order valence-corrected chi connectivity index (χ2v) is 10.1. The van der Waals surface area contributed by atoms with Gasteiger partial charge in [0.25, 0.3) is 5.91 Å². The number of hydrazone groups is 1. The van der Waals surface area contributed by atoms with Gasteiger partial charge < -0.3 is 15.4 Å². The molecule has 0 aliphatic heterocycles. The van der Waals surface area contributed by atoms with E-state index < -0.39 is 11.8 Å². The summed E-state index contributed by atoms with van der Waals surface area (Å²) in [7, 11) is 0. The van der Waals surface area contributed by atoms with Crippen LogP contribution in [0.3, 0.4) is 0 Å². The third kappa shape index (κ3) is 7.17. The van der Waals surface area contributed by atoms with Crippen molar-refractivity contribution >= 4 is 40.4 Å². The minimum atomic E-state index is -0.997. The van der Waals surface area contributed by atoms with Crippen LogP contribution in [-0.2, 0) is 16.2 Å². The summed E-state index contributed by atoms with van der Waals surface area (Å²) in [6.45, 7) is 0.196. The van der Waals surface area contributed by atoms with Crippen LogP contribution in [0.1, 0.15) is 53.6 Å². The molecule has 0 bridgehead atoms. The van der Waals surface area contributed by atoms with Crippen molar-refractivity contribution in [2.45, 2.75) is 44.8 Å². The number of fused-ring (bicyclic) bond motifs is 1. The van der Waals surface area contributed by atoms with Crippen molar-refractivity contribution in [3.8, 4) is 5.75 Å². The van der Waals surface area contributed by atoms with Gasteiger partial charge >= 0.3 is 11.8 Å². The van der Waals surface area contributed by atoms with E-state index in [9.17, 15) is 18.8 Å². The fourth-order valence-corrected chi connectivity index (χ4v) is 4.96. The maximum absolute atomic E-state index is 13.3. The van der Waals surface area contributed by atoms with Gasteiger partial charge in [-0.25, -0.2) is 9.82 Å². The van der Waals surface area contributed by atoms with E-state index in [-0.39, 0.29) is 35.6 Å². The molecule has 0 spiro atoms. The van der Waals surface area contributed by atoms with Crippen molar-refractivity contribution in [1.29, 1.82) is 0 Å². The van der Waals surface area contributed by atoms with E-state index in [2.05, 4.69) is 21.2 Å². The molecule has 0 atom stereocenters. The second kappa shape index (κ2) is 13.5. The maximum Gasteiger partial charge on any atom is 0.329 e. The first-order valence-corrected chi connectivity index (χ1v) is 13.9. The number of halogens is 1. The van der Waals surface area contributed by atoms with Gasteiger partial charge in [0.2, 0.25) is 0 Å². The summed E-state index contributed by atoms with van der Waals surface area (Å²) in [6, 6.07) is 24.0. The lowest BCUT2D eigenvalue weighted by Gasteiger charge is -2.23. The van der Waals surface area contributed by atoms with Crippen molar-refractivity contribution in [2.75, 3.05) is 5.32 Å². The van der Waals surface area contributed by atoms with E-state index in [0.29, 0.717) is 11.3 Å². The zero-order valence-electron chi connectivity index (χ0n) is 22.9. The standard InChI is InChI=1S/C33H31FN4O4/c34-24-17-14-22(15-18-24)21-42-30-19-16-23-8-4-5-11-26(23)28(30)20-35-38-33(41)32(40)37-29-13-7-6-12-27(29)31(39)36-25-9-2-1-3-10-25/h4-8,11-20,25H,1-3,9-10,21H2,(H,36,39)(H,37,40)(H,38,41). The normalized spacial score (nSPS) is 13.5. The van der Waals surface area contributed by atoms with Crippen LogP contribution in [0.15, 0.2) is 90.0 Å². The highest BCUT2D eigenvalue weighted by Gasteiger charge is 2.21. The first kappa shape index (κ1) is 28.5. The number of nitrogens with zero attached hydrogens (tertiary/aromatic N) is 1. The minimum Gasteiger partial charge on any atom is -0.488 e. The van der Waals surface area contributed by atoms with Crippen molar-refractivity contribution in [3.05, 3.63) is 107 Å². The highest BCUT2D eigenvalue weighted by atomic mass is 19.1. The average molecular weight is 567 g/mol. The number of rotatable bonds is 8. The van der Waals surface area contributed by atoms with Crippen LogP contribution in [0, 0.1) is 5.82 Å². The molecule has 1 aliphatic rings. The predicted octanol–water partition coefficient (Wildman–Crippen LogP) is 5.71. The summed E-state index contributed by atoms with van der Waals surface area (Å²) in [6.07, 6.45) is 6.59.